The molecule has 0 fully saturated rings. The maximum absolute atomic E-state index is 5.22. The first-order valence-corrected chi connectivity index (χ1v) is 4.28. The van der Waals surface area contributed by atoms with Crippen LogP contribution in [0.25, 0.3) is 11.5 Å². The number of nitrogens with zero attached hydrogens (tertiary/aromatic N) is 2. The summed E-state index contributed by atoms with van der Waals surface area (Å²) in [7, 11) is 1.58. The van der Waals surface area contributed by atoms with Gasteiger partial charge in [-0.05, 0) is 12.1 Å². The van der Waals surface area contributed by atoms with Gasteiger partial charge in [-0.25, -0.2) is 5.84 Å². The van der Waals surface area contributed by atoms with Gasteiger partial charge < -0.3 is 9.15 Å². The number of nitrogens with one attached hydrogen (secondary N) is 1. The normalized spacial score (nSPS) is 10.0. The molecule has 6 nitrogen and oxygen atoms in total. The molecule has 0 aliphatic rings. The summed E-state index contributed by atoms with van der Waals surface area (Å²) in [6.07, 6.45) is 0. The predicted molar refractivity (Wildman–Crippen MR) is 54.1 cm³/mol. The molecule has 0 bridgehead atoms. The van der Waals surface area contributed by atoms with Crippen LogP contribution in [0, 0.1) is 0 Å². The number of hydrogen-bond donors (Lipinski definition) is 2. The Kier molecular flexibility index (Phi) is 2.51. The highest BCUT2D eigenvalue weighted by molar-refractivity contribution is 5.62. The number of methoxy groups -OCH3 is 1. The highest BCUT2D eigenvalue weighted by atomic mass is 16.5. The van der Waals surface area contributed by atoms with Gasteiger partial charge in [0.05, 0.1) is 12.7 Å². The lowest BCUT2D eigenvalue weighted by Crippen LogP contribution is -2.06. The summed E-state index contributed by atoms with van der Waals surface area (Å²) in [5.41, 5.74) is 3.00. The summed E-state index contributed by atoms with van der Waals surface area (Å²) in [6, 6.07) is 7.52. The molecule has 0 saturated carbocycles. The van der Waals surface area contributed by atoms with E-state index in [1.807, 2.05) is 24.3 Å². The van der Waals surface area contributed by atoms with Crippen LogP contribution in [0.1, 0.15) is 0 Å². The lowest BCUT2D eigenvalue weighted by Gasteiger charge is -2.02. The lowest BCUT2D eigenvalue weighted by atomic mass is 10.2. The fraction of sp³-hybridized carbons (Fsp3) is 0.111. The Hall–Kier alpha value is -2.08. The van der Waals surface area contributed by atoms with Crippen molar-refractivity contribution in [2.75, 3.05) is 12.5 Å². The molecule has 6 heteroatoms. The van der Waals surface area contributed by atoms with Crippen LogP contribution >= 0.6 is 0 Å². The molecular weight excluding hydrogens is 196 g/mol. The summed E-state index contributed by atoms with van der Waals surface area (Å²) in [6.45, 7) is 0. The minimum atomic E-state index is 0.163. The number of ether oxygens (including phenoxy) is 1. The van der Waals surface area contributed by atoms with Crippen molar-refractivity contribution in [1.29, 1.82) is 0 Å². The maximum Gasteiger partial charge on any atom is 0.330 e. The molecule has 0 spiro atoms. The second-order valence-electron chi connectivity index (χ2n) is 2.76. The zero-order valence-corrected chi connectivity index (χ0v) is 8.10. The van der Waals surface area contributed by atoms with Crippen LogP contribution in [0.15, 0.2) is 28.7 Å². The van der Waals surface area contributed by atoms with Crippen molar-refractivity contribution in [1.82, 2.24) is 10.2 Å². The molecule has 1 aromatic carbocycles. The van der Waals surface area contributed by atoms with Crippen LogP contribution in [-0.4, -0.2) is 17.3 Å². The van der Waals surface area contributed by atoms with E-state index in [0.717, 1.165) is 5.56 Å². The number of aromatic nitrogens is 2. The molecule has 0 aliphatic heterocycles. The third-order valence-electron chi connectivity index (χ3n) is 1.89. The first kappa shape index (κ1) is 9.47. The fourth-order valence-electron chi connectivity index (χ4n) is 1.21. The van der Waals surface area contributed by atoms with Crippen molar-refractivity contribution in [2.24, 2.45) is 5.84 Å². The summed E-state index contributed by atoms with van der Waals surface area (Å²) in [5.74, 6) is 6.17. The number of rotatable bonds is 3. The molecule has 3 N–H and O–H groups in total. The molecule has 0 saturated heterocycles. The molecule has 2 rings (SSSR count). The molecule has 2 aromatic rings. The quantitative estimate of drug-likeness (QED) is 0.576. The third-order valence-corrected chi connectivity index (χ3v) is 1.89. The topological polar surface area (TPSA) is 86.2 Å². The van der Waals surface area contributed by atoms with Crippen molar-refractivity contribution >= 4 is 6.01 Å². The summed E-state index contributed by atoms with van der Waals surface area (Å²) in [4.78, 5) is 0. The zero-order chi connectivity index (χ0) is 10.7. The number of hydrazine groups is 1. The number of hydrogen-bond acceptors (Lipinski definition) is 6. The van der Waals surface area contributed by atoms with Crippen molar-refractivity contribution in [2.45, 2.75) is 0 Å². The van der Waals surface area contributed by atoms with Gasteiger partial charge in [-0.1, -0.05) is 17.2 Å². The second-order valence-corrected chi connectivity index (χ2v) is 2.76. The lowest BCUT2D eigenvalue weighted by molar-refractivity contribution is 0.414. The van der Waals surface area contributed by atoms with Gasteiger partial charge in [0.25, 0.3) is 5.89 Å². The number of para-hydroxylation sites is 1. The van der Waals surface area contributed by atoms with Crippen LogP contribution in [-0.2, 0) is 0 Å². The molecule has 1 aromatic heterocycles. The van der Waals surface area contributed by atoms with E-state index in [-0.39, 0.29) is 6.01 Å². The first-order valence-electron chi connectivity index (χ1n) is 4.28. The third kappa shape index (κ3) is 1.75. The van der Waals surface area contributed by atoms with Crippen LogP contribution in [0.5, 0.6) is 5.75 Å². The van der Waals surface area contributed by atoms with Crippen molar-refractivity contribution in [3.8, 4) is 17.2 Å². The number of nitrogen functional groups attached to an aromatic ring is 1. The van der Waals surface area contributed by atoms with E-state index in [9.17, 15) is 0 Å². The van der Waals surface area contributed by atoms with Crippen LogP contribution in [0.3, 0.4) is 0 Å². The SMILES string of the molecule is COc1ccccc1-c1nnc(NN)o1. The van der Waals surface area contributed by atoms with Gasteiger partial charge >= 0.3 is 6.01 Å². The molecule has 0 atom stereocenters. The molecule has 0 radical (unpaired) electrons. The standard InChI is InChI=1S/C9H10N4O2/c1-14-7-5-3-2-4-6(7)8-12-13-9(11-10)15-8/h2-5H,10H2,1H3,(H,11,13). The van der Waals surface area contributed by atoms with Gasteiger partial charge in [-0.15, -0.1) is 5.10 Å². The molecule has 0 aliphatic carbocycles. The maximum atomic E-state index is 5.22. The Morgan fingerprint density at radius 3 is 2.80 bits per heavy atom. The van der Waals surface area contributed by atoms with Gasteiger partial charge in [0.2, 0.25) is 0 Å². The average molecular weight is 206 g/mol. The Labute approximate surface area is 86.0 Å². The van der Waals surface area contributed by atoms with E-state index in [1.54, 1.807) is 7.11 Å². The van der Waals surface area contributed by atoms with E-state index in [1.165, 1.54) is 0 Å². The van der Waals surface area contributed by atoms with Gasteiger partial charge in [-0.3, -0.25) is 5.43 Å². The van der Waals surface area contributed by atoms with E-state index >= 15 is 0 Å². The van der Waals surface area contributed by atoms with Gasteiger partial charge in [0.15, 0.2) is 0 Å². The van der Waals surface area contributed by atoms with E-state index in [2.05, 4.69) is 15.6 Å². The molecule has 0 unspecified atom stereocenters. The Balaban J connectivity index is 2.44. The highest BCUT2D eigenvalue weighted by Gasteiger charge is 2.11. The van der Waals surface area contributed by atoms with Crippen LogP contribution in [0.4, 0.5) is 6.01 Å². The van der Waals surface area contributed by atoms with E-state index < -0.39 is 0 Å². The Morgan fingerprint density at radius 2 is 2.13 bits per heavy atom. The van der Waals surface area contributed by atoms with Crippen LogP contribution < -0.4 is 16.0 Å². The zero-order valence-electron chi connectivity index (χ0n) is 8.10. The molecule has 15 heavy (non-hydrogen) atoms. The number of anilines is 1. The predicted octanol–water partition coefficient (Wildman–Crippen LogP) is 1.03. The number of benzene rings is 1. The molecular formula is C9H10N4O2. The molecule has 0 amide bonds. The fourth-order valence-corrected chi connectivity index (χ4v) is 1.21. The second kappa shape index (κ2) is 3.97. The van der Waals surface area contributed by atoms with Crippen molar-refractivity contribution < 1.29 is 9.15 Å². The van der Waals surface area contributed by atoms with Crippen molar-refractivity contribution in [3.63, 3.8) is 0 Å². The minimum absolute atomic E-state index is 0.163. The first-order chi connectivity index (χ1) is 7.35. The monoisotopic (exact) mass is 206 g/mol. The smallest absolute Gasteiger partial charge is 0.330 e. The van der Waals surface area contributed by atoms with Crippen molar-refractivity contribution in [3.05, 3.63) is 24.3 Å². The minimum Gasteiger partial charge on any atom is -0.496 e. The van der Waals surface area contributed by atoms with E-state index in [0.29, 0.717) is 11.6 Å². The Bertz CT molecular complexity index is 455. The van der Waals surface area contributed by atoms with Gasteiger partial charge in [0, 0.05) is 0 Å². The van der Waals surface area contributed by atoms with E-state index in [4.69, 9.17) is 15.0 Å². The molecule has 78 valence electrons. The Morgan fingerprint density at radius 1 is 1.33 bits per heavy atom. The molecule has 1 heterocycles. The van der Waals surface area contributed by atoms with Crippen LogP contribution in [0.2, 0.25) is 0 Å². The number of nitrogens with two attached hydrogens (primary N) is 1. The van der Waals surface area contributed by atoms with Gasteiger partial charge in [0.1, 0.15) is 5.75 Å². The highest BCUT2D eigenvalue weighted by Crippen LogP contribution is 2.28. The summed E-state index contributed by atoms with van der Waals surface area (Å²) >= 11 is 0. The average Bonchev–Trinajstić information content (AvgIpc) is 2.77. The largest absolute Gasteiger partial charge is 0.496 e. The summed E-state index contributed by atoms with van der Waals surface area (Å²) < 4.78 is 10.4. The van der Waals surface area contributed by atoms with Gasteiger partial charge in [-0.2, -0.15) is 0 Å². The summed E-state index contributed by atoms with van der Waals surface area (Å²) in [5, 5.41) is 7.50.